The first-order chi connectivity index (χ1) is 19.1. The molecule has 1 aliphatic carbocycles. The van der Waals surface area contributed by atoms with E-state index in [0.29, 0.717) is 27.4 Å². The van der Waals surface area contributed by atoms with Crippen molar-refractivity contribution in [2.45, 2.75) is 44.9 Å². The summed E-state index contributed by atoms with van der Waals surface area (Å²) in [5.74, 6) is -0.956. The molecule has 3 atom stereocenters. The molecule has 0 aliphatic heterocycles. The fourth-order valence-electron chi connectivity index (χ4n) is 4.55. The van der Waals surface area contributed by atoms with Crippen LogP contribution in [0.5, 0.6) is 11.5 Å². The molecule has 2 aromatic rings. The number of nitrogens with zero attached hydrogens (tertiary/aromatic N) is 1. The zero-order chi connectivity index (χ0) is 29.4. The van der Waals surface area contributed by atoms with Crippen LogP contribution in [0.2, 0.25) is 0 Å². The summed E-state index contributed by atoms with van der Waals surface area (Å²) in [4.78, 5) is 39.3. The smallest absolute Gasteiger partial charge is 0.247 e. The van der Waals surface area contributed by atoms with Crippen molar-refractivity contribution in [2.75, 3.05) is 26.8 Å². The van der Waals surface area contributed by atoms with Crippen molar-refractivity contribution in [1.29, 1.82) is 0 Å². The molecule has 0 radical (unpaired) electrons. The summed E-state index contributed by atoms with van der Waals surface area (Å²) >= 11 is 1.99. The molecule has 0 saturated carbocycles. The monoisotopic (exact) mass is 668 g/mol. The number of ether oxygens (including phenoxy) is 2. The lowest BCUT2D eigenvalue weighted by Gasteiger charge is -2.41. The van der Waals surface area contributed by atoms with Crippen molar-refractivity contribution in [1.82, 2.24) is 10.2 Å². The Morgan fingerprint density at radius 3 is 2.65 bits per heavy atom. The van der Waals surface area contributed by atoms with E-state index < -0.39 is 30.1 Å². The molecule has 0 fully saturated rings. The Hall–Kier alpha value is -3.03. The number of rotatable bonds is 12. The van der Waals surface area contributed by atoms with Crippen molar-refractivity contribution in [3.63, 3.8) is 0 Å². The first kappa shape index (κ1) is 31.5. The second-order valence-corrected chi connectivity index (χ2v) is 10.9. The Morgan fingerprint density at radius 2 is 2.02 bits per heavy atom. The zero-order valence-corrected chi connectivity index (χ0v) is 24.8. The van der Waals surface area contributed by atoms with Crippen molar-refractivity contribution >= 4 is 40.7 Å². The highest BCUT2D eigenvalue weighted by atomic mass is 127. The number of aldehydes is 1. The number of hydrogen-bond acceptors (Lipinski definition) is 7. The quantitative estimate of drug-likeness (QED) is 0.235. The van der Waals surface area contributed by atoms with Crippen LogP contribution in [0, 0.1) is 15.3 Å². The van der Waals surface area contributed by atoms with Gasteiger partial charge in [0.05, 0.1) is 23.3 Å². The molecule has 2 aromatic carbocycles. The van der Waals surface area contributed by atoms with Crippen LogP contribution >= 0.6 is 22.6 Å². The summed E-state index contributed by atoms with van der Waals surface area (Å²) in [6, 6.07) is 8.35. The first-order valence-corrected chi connectivity index (χ1v) is 14.0. The number of aliphatic hydroxyl groups excluding tert-OH is 2. The molecule has 0 aromatic heterocycles. The van der Waals surface area contributed by atoms with Crippen LogP contribution in [-0.2, 0) is 16.0 Å². The van der Waals surface area contributed by atoms with E-state index in [2.05, 4.69) is 5.32 Å². The fourth-order valence-corrected chi connectivity index (χ4v) is 5.30. The van der Waals surface area contributed by atoms with Gasteiger partial charge in [-0.15, -0.1) is 0 Å². The van der Waals surface area contributed by atoms with E-state index in [9.17, 15) is 29.0 Å². The van der Waals surface area contributed by atoms with Crippen molar-refractivity contribution in [2.24, 2.45) is 5.92 Å². The SMILES string of the molecule is COc1cc(C=O)cc(I)c1OC1C=C(C(=O)NCCO)CC(N(CCc2cccc(F)c2)C(=O)C(C)C)C1O. The first-order valence-electron chi connectivity index (χ1n) is 12.9. The lowest BCUT2D eigenvalue weighted by Crippen LogP contribution is -2.56. The number of methoxy groups -OCH3 is 1. The Bertz CT molecular complexity index is 1250. The van der Waals surface area contributed by atoms with E-state index in [0.717, 1.165) is 0 Å². The van der Waals surface area contributed by atoms with Gasteiger partial charge in [0.15, 0.2) is 11.5 Å². The lowest BCUT2D eigenvalue weighted by molar-refractivity contribution is -0.141. The van der Waals surface area contributed by atoms with E-state index in [-0.39, 0.29) is 54.9 Å². The zero-order valence-electron chi connectivity index (χ0n) is 22.6. The molecule has 3 N–H and O–H groups in total. The number of carbonyl (C=O) groups excluding carboxylic acids is 3. The molecule has 40 heavy (non-hydrogen) atoms. The highest BCUT2D eigenvalue weighted by Gasteiger charge is 2.41. The van der Waals surface area contributed by atoms with Crippen LogP contribution in [0.3, 0.4) is 0 Å². The van der Waals surface area contributed by atoms with Gasteiger partial charge in [-0.3, -0.25) is 14.4 Å². The van der Waals surface area contributed by atoms with E-state index >= 15 is 0 Å². The minimum Gasteiger partial charge on any atom is -0.493 e. The van der Waals surface area contributed by atoms with Gasteiger partial charge >= 0.3 is 0 Å². The molecule has 9 nitrogen and oxygen atoms in total. The molecule has 0 heterocycles. The minimum atomic E-state index is -1.24. The van der Waals surface area contributed by atoms with Gasteiger partial charge in [-0.2, -0.15) is 0 Å². The summed E-state index contributed by atoms with van der Waals surface area (Å²) in [7, 11) is 1.42. The summed E-state index contributed by atoms with van der Waals surface area (Å²) in [5.41, 5.74) is 1.34. The van der Waals surface area contributed by atoms with E-state index in [1.807, 2.05) is 22.6 Å². The molecule has 0 saturated heterocycles. The van der Waals surface area contributed by atoms with Gasteiger partial charge < -0.3 is 29.9 Å². The van der Waals surface area contributed by atoms with Gasteiger partial charge in [0, 0.05) is 36.6 Å². The highest BCUT2D eigenvalue weighted by Crippen LogP contribution is 2.37. The molecule has 3 unspecified atom stereocenters. The normalized spacial score (nSPS) is 18.6. The Kier molecular flexibility index (Phi) is 11.5. The Labute approximate surface area is 246 Å². The third kappa shape index (κ3) is 7.79. The predicted molar refractivity (Wildman–Crippen MR) is 155 cm³/mol. The van der Waals surface area contributed by atoms with Gasteiger partial charge in [-0.25, -0.2) is 4.39 Å². The van der Waals surface area contributed by atoms with Crippen LogP contribution in [0.4, 0.5) is 4.39 Å². The molecule has 216 valence electrons. The Balaban J connectivity index is 2.00. The second-order valence-electron chi connectivity index (χ2n) is 9.73. The molecule has 0 bridgehead atoms. The average molecular weight is 669 g/mol. The third-order valence-corrected chi connectivity index (χ3v) is 7.37. The van der Waals surface area contributed by atoms with Gasteiger partial charge in [0.25, 0.3) is 0 Å². The van der Waals surface area contributed by atoms with Gasteiger partial charge in [0.1, 0.15) is 24.3 Å². The topological polar surface area (TPSA) is 125 Å². The predicted octanol–water partition coefficient (Wildman–Crippen LogP) is 2.89. The van der Waals surface area contributed by atoms with Crippen LogP contribution < -0.4 is 14.8 Å². The number of halogens is 2. The maximum atomic E-state index is 13.8. The standard InChI is InChI=1S/C29H34FIN2O7/c1-17(2)29(38)33(9-7-18-5-4-6-21(30)11-18)23-14-20(28(37)32-8-10-34)15-24(26(23)36)40-27-22(31)12-19(16-35)13-25(27)39-3/h4-6,11-13,15-17,23-24,26,34,36H,7-10,14H2,1-3H3,(H,32,37). The van der Waals surface area contributed by atoms with Crippen LogP contribution in [0.15, 0.2) is 48.0 Å². The summed E-state index contributed by atoms with van der Waals surface area (Å²) in [6.45, 7) is 3.44. The average Bonchev–Trinajstić information content (AvgIpc) is 2.93. The molecular weight excluding hydrogens is 634 g/mol. The molecular formula is C29H34FIN2O7. The molecule has 1 aliphatic rings. The number of benzene rings is 2. The number of aliphatic hydroxyl groups is 2. The molecule has 11 heteroatoms. The number of amides is 2. The molecule has 3 rings (SSSR count). The van der Waals surface area contributed by atoms with Gasteiger partial charge in [-0.1, -0.05) is 26.0 Å². The highest BCUT2D eigenvalue weighted by molar-refractivity contribution is 14.1. The van der Waals surface area contributed by atoms with E-state index in [1.54, 1.807) is 32.0 Å². The molecule has 2 amide bonds. The fraction of sp³-hybridized carbons (Fsp3) is 0.414. The number of hydrogen-bond donors (Lipinski definition) is 3. The summed E-state index contributed by atoms with van der Waals surface area (Å²) < 4.78 is 26.0. The second kappa shape index (κ2) is 14.6. The minimum absolute atomic E-state index is 0.0298. The number of carbonyl (C=O) groups is 3. The number of nitrogens with one attached hydrogen (secondary N) is 1. The van der Waals surface area contributed by atoms with E-state index in [1.165, 1.54) is 36.3 Å². The lowest BCUT2D eigenvalue weighted by atomic mass is 9.87. The van der Waals surface area contributed by atoms with Crippen molar-refractivity contribution in [3.05, 3.63) is 68.6 Å². The Morgan fingerprint density at radius 1 is 1.27 bits per heavy atom. The summed E-state index contributed by atoms with van der Waals surface area (Å²) in [5, 5.41) is 23.4. The largest absolute Gasteiger partial charge is 0.493 e. The van der Waals surface area contributed by atoms with Gasteiger partial charge in [0.2, 0.25) is 11.8 Å². The van der Waals surface area contributed by atoms with Crippen molar-refractivity contribution < 1.29 is 38.5 Å². The van der Waals surface area contributed by atoms with Crippen LogP contribution in [0.25, 0.3) is 0 Å². The molecule has 0 spiro atoms. The maximum Gasteiger partial charge on any atom is 0.247 e. The van der Waals surface area contributed by atoms with Gasteiger partial charge in [-0.05, 0) is 64.9 Å². The van der Waals surface area contributed by atoms with Crippen LogP contribution in [-0.4, -0.2) is 78.3 Å². The van der Waals surface area contributed by atoms with E-state index in [4.69, 9.17) is 9.47 Å². The van der Waals surface area contributed by atoms with Crippen molar-refractivity contribution in [3.8, 4) is 11.5 Å². The maximum absolute atomic E-state index is 13.8. The third-order valence-electron chi connectivity index (χ3n) is 6.56. The summed E-state index contributed by atoms with van der Waals surface area (Å²) in [6.07, 6.45) is 0.252. The van der Waals surface area contributed by atoms with Crippen LogP contribution in [0.1, 0.15) is 36.2 Å².